The number of rotatable bonds is 2. The quantitative estimate of drug-likeness (QED) is 0.505. The van der Waals surface area contributed by atoms with Crippen molar-refractivity contribution < 1.29 is 4.79 Å². The van der Waals surface area contributed by atoms with Gasteiger partial charge in [0.15, 0.2) is 0 Å². The highest BCUT2D eigenvalue weighted by Gasteiger charge is 1.95. The van der Waals surface area contributed by atoms with Gasteiger partial charge in [0.05, 0.1) is 0 Å². The average molecular weight is 149 g/mol. The van der Waals surface area contributed by atoms with E-state index in [0.29, 0.717) is 0 Å². The highest BCUT2D eigenvalue weighted by Crippen LogP contribution is 2.09. The first kappa shape index (κ1) is 7.79. The Morgan fingerprint density at radius 3 is 2.64 bits per heavy atom. The Labute approximate surface area is 65.9 Å². The molecule has 0 aliphatic carbocycles. The molecule has 0 spiro atoms. The third-order valence-corrected chi connectivity index (χ3v) is 1.53. The standard InChI is InChI=1S/C9H11NO/c1-7-6-8(2)10-9(7)4-3-5-11/h3-6,10H,1-2H3/b4-3+. The van der Waals surface area contributed by atoms with E-state index >= 15 is 0 Å². The molecule has 0 amide bonds. The van der Waals surface area contributed by atoms with Gasteiger partial charge < -0.3 is 4.98 Å². The summed E-state index contributed by atoms with van der Waals surface area (Å²) in [6.45, 7) is 4.00. The number of aldehydes is 1. The predicted octanol–water partition coefficient (Wildman–Crippen LogP) is 1.84. The molecule has 1 aromatic rings. The minimum absolute atomic E-state index is 0.773. The van der Waals surface area contributed by atoms with Gasteiger partial charge in [0, 0.05) is 11.4 Å². The Balaban J connectivity index is 2.93. The lowest BCUT2D eigenvalue weighted by Crippen LogP contribution is -1.74. The molecule has 2 nitrogen and oxygen atoms in total. The van der Waals surface area contributed by atoms with Crippen molar-refractivity contribution in [1.82, 2.24) is 4.98 Å². The number of H-pyrrole nitrogens is 1. The topological polar surface area (TPSA) is 32.9 Å². The first-order valence-corrected chi connectivity index (χ1v) is 3.52. The number of nitrogens with one attached hydrogen (secondary N) is 1. The van der Waals surface area contributed by atoms with Gasteiger partial charge >= 0.3 is 0 Å². The van der Waals surface area contributed by atoms with Crippen LogP contribution in [-0.2, 0) is 4.79 Å². The van der Waals surface area contributed by atoms with Crippen LogP contribution in [0.25, 0.3) is 6.08 Å². The van der Waals surface area contributed by atoms with Crippen molar-refractivity contribution >= 4 is 12.4 Å². The van der Waals surface area contributed by atoms with Crippen LogP contribution in [0.15, 0.2) is 12.1 Å². The fourth-order valence-corrected chi connectivity index (χ4v) is 1.06. The van der Waals surface area contributed by atoms with E-state index in [1.165, 1.54) is 11.6 Å². The number of aromatic nitrogens is 1. The van der Waals surface area contributed by atoms with Gasteiger partial charge in [-0.3, -0.25) is 4.79 Å². The molecule has 0 bridgehead atoms. The maximum Gasteiger partial charge on any atom is 0.142 e. The van der Waals surface area contributed by atoms with Crippen LogP contribution < -0.4 is 0 Å². The van der Waals surface area contributed by atoms with Gasteiger partial charge in [-0.2, -0.15) is 0 Å². The van der Waals surface area contributed by atoms with Gasteiger partial charge in [-0.15, -0.1) is 0 Å². The summed E-state index contributed by atoms with van der Waals surface area (Å²) in [4.78, 5) is 13.1. The van der Waals surface area contributed by atoms with Gasteiger partial charge in [0.2, 0.25) is 0 Å². The van der Waals surface area contributed by atoms with Crippen molar-refractivity contribution in [3.63, 3.8) is 0 Å². The molecule has 1 aromatic heterocycles. The highest BCUT2D eigenvalue weighted by molar-refractivity contribution is 5.73. The smallest absolute Gasteiger partial charge is 0.142 e. The number of hydrogen-bond donors (Lipinski definition) is 1. The van der Waals surface area contributed by atoms with Crippen molar-refractivity contribution in [2.75, 3.05) is 0 Å². The molecule has 2 heteroatoms. The molecule has 0 aliphatic heterocycles. The second kappa shape index (κ2) is 3.19. The largest absolute Gasteiger partial charge is 0.359 e. The monoisotopic (exact) mass is 149 g/mol. The van der Waals surface area contributed by atoms with Crippen molar-refractivity contribution in [2.24, 2.45) is 0 Å². The summed E-state index contributed by atoms with van der Waals surface area (Å²) in [5.74, 6) is 0. The summed E-state index contributed by atoms with van der Waals surface area (Å²) in [6, 6.07) is 2.05. The van der Waals surface area contributed by atoms with E-state index < -0.39 is 0 Å². The minimum Gasteiger partial charge on any atom is -0.359 e. The molecule has 11 heavy (non-hydrogen) atoms. The number of carbonyl (C=O) groups excluding carboxylic acids is 1. The van der Waals surface area contributed by atoms with Crippen LogP contribution >= 0.6 is 0 Å². The van der Waals surface area contributed by atoms with Gasteiger partial charge in [-0.1, -0.05) is 0 Å². The van der Waals surface area contributed by atoms with E-state index in [1.807, 2.05) is 19.9 Å². The van der Waals surface area contributed by atoms with Gasteiger partial charge in [0.1, 0.15) is 6.29 Å². The Morgan fingerprint density at radius 1 is 1.45 bits per heavy atom. The normalized spacial score (nSPS) is 10.7. The van der Waals surface area contributed by atoms with Crippen LogP contribution in [0.3, 0.4) is 0 Å². The summed E-state index contributed by atoms with van der Waals surface area (Å²) in [6.07, 6.45) is 4.03. The summed E-state index contributed by atoms with van der Waals surface area (Å²) in [7, 11) is 0. The minimum atomic E-state index is 0.773. The number of carbonyl (C=O) groups is 1. The predicted molar refractivity (Wildman–Crippen MR) is 45.4 cm³/mol. The van der Waals surface area contributed by atoms with Crippen LogP contribution in [0, 0.1) is 13.8 Å². The molecule has 0 fully saturated rings. The lowest BCUT2D eigenvalue weighted by Gasteiger charge is -1.86. The van der Waals surface area contributed by atoms with Crippen LogP contribution in [0.4, 0.5) is 0 Å². The number of aromatic amines is 1. The Morgan fingerprint density at radius 2 is 2.18 bits per heavy atom. The van der Waals surface area contributed by atoms with E-state index in [9.17, 15) is 4.79 Å². The Hall–Kier alpha value is -1.31. The maximum atomic E-state index is 10.00. The third kappa shape index (κ3) is 1.80. The second-order valence-electron chi connectivity index (χ2n) is 2.54. The maximum absolute atomic E-state index is 10.00. The highest BCUT2D eigenvalue weighted by atomic mass is 16.1. The third-order valence-electron chi connectivity index (χ3n) is 1.53. The molecule has 0 aromatic carbocycles. The van der Waals surface area contributed by atoms with E-state index in [-0.39, 0.29) is 0 Å². The van der Waals surface area contributed by atoms with Gasteiger partial charge in [0.25, 0.3) is 0 Å². The molecule has 0 aliphatic rings. The number of hydrogen-bond acceptors (Lipinski definition) is 1. The van der Waals surface area contributed by atoms with Crippen molar-refractivity contribution in [3.8, 4) is 0 Å². The van der Waals surface area contributed by atoms with E-state index in [2.05, 4.69) is 4.98 Å². The summed E-state index contributed by atoms with van der Waals surface area (Å²) in [5.41, 5.74) is 3.29. The zero-order valence-corrected chi connectivity index (χ0v) is 6.72. The van der Waals surface area contributed by atoms with E-state index in [1.54, 1.807) is 6.08 Å². The van der Waals surface area contributed by atoms with Crippen molar-refractivity contribution in [3.05, 3.63) is 29.1 Å². The molecule has 0 unspecified atom stereocenters. The van der Waals surface area contributed by atoms with E-state index in [0.717, 1.165) is 17.7 Å². The molecule has 58 valence electrons. The molecule has 1 rings (SSSR count). The first-order valence-electron chi connectivity index (χ1n) is 3.52. The molecular weight excluding hydrogens is 138 g/mol. The number of aryl methyl sites for hydroxylation is 2. The lowest BCUT2D eigenvalue weighted by atomic mass is 10.2. The fourth-order valence-electron chi connectivity index (χ4n) is 1.06. The lowest BCUT2D eigenvalue weighted by molar-refractivity contribution is -0.104. The van der Waals surface area contributed by atoms with Gasteiger partial charge in [-0.05, 0) is 37.6 Å². The van der Waals surface area contributed by atoms with Crippen molar-refractivity contribution in [2.45, 2.75) is 13.8 Å². The van der Waals surface area contributed by atoms with Crippen molar-refractivity contribution in [1.29, 1.82) is 0 Å². The second-order valence-corrected chi connectivity index (χ2v) is 2.54. The molecule has 0 atom stereocenters. The summed E-state index contributed by atoms with van der Waals surface area (Å²) >= 11 is 0. The first-order chi connectivity index (χ1) is 5.24. The van der Waals surface area contributed by atoms with Crippen LogP contribution in [0.5, 0.6) is 0 Å². The molecule has 1 heterocycles. The van der Waals surface area contributed by atoms with E-state index in [4.69, 9.17) is 0 Å². The van der Waals surface area contributed by atoms with Crippen LogP contribution in [0.1, 0.15) is 17.0 Å². The number of allylic oxidation sites excluding steroid dienone is 1. The Kier molecular flexibility index (Phi) is 2.26. The fraction of sp³-hybridized carbons (Fsp3) is 0.222. The SMILES string of the molecule is Cc1cc(C)c(/C=C/C=O)[nH]1. The molecule has 0 saturated heterocycles. The zero-order valence-electron chi connectivity index (χ0n) is 6.72. The molecule has 0 radical (unpaired) electrons. The average Bonchev–Trinajstić information content (AvgIpc) is 2.26. The molecular formula is C9H11NO. The summed E-state index contributed by atoms with van der Waals surface area (Å²) < 4.78 is 0. The Bertz CT molecular complexity index is 284. The van der Waals surface area contributed by atoms with Gasteiger partial charge in [-0.25, -0.2) is 0 Å². The zero-order chi connectivity index (χ0) is 8.27. The van der Waals surface area contributed by atoms with Crippen LogP contribution in [-0.4, -0.2) is 11.3 Å². The molecule has 1 N–H and O–H groups in total. The van der Waals surface area contributed by atoms with Crippen LogP contribution in [0.2, 0.25) is 0 Å². The summed E-state index contributed by atoms with van der Waals surface area (Å²) in [5, 5.41) is 0. The molecule has 0 saturated carbocycles.